The highest BCUT2D eigenvalue weighted by molar-refractivity contribution is 6.28. The first-order chi connectivity index (χ1) is 7.25. The molecule has 0 aliphatic carbocycles. The SMILES string of the molecule is Fc1cnc(Cl)nc1OCC1CCCO1. The molecule has 1 aliphatic heterocycles. The molecule has 1 fully saturated rings. The number of ether oxygens (including phenoxy) is 2. The Hall–Kier alpha value is -0.940. The topological polar surface area (TPSA) is 44.2 Å². The van der Waals surface area contributed by atoms with E-state index in [4.69, 9.17) is 21.1 Å². The van der Waals surface area contributed by atoms with Crippen LogP contribution in [0.3, 0.4) is 0 Å². The van der Waals surface area contributed by atoms with Crippen LogP contribution in [-0.4, -0.2) is 29.3 Å². The molecule has 82 valence electrons. The van der Waals surface area contributed by atoms with Gasteiger partial charge in [-0.25, -0.2) is 4.98 Å². The average Bonchev–Trinajstić information content (AvgIpc) is 2.72. The molecule has 1 unspecified atom stereocenters. The van der Waals surface area contributed by atoms with Crippen LogP contribution >= 0.6 is 11.6 Å². The largest absolute Gasteiger partial charge is 0.473 e. The first-order valence-electron chi connectivity index (χ1n) is 4.68. The van der Waals surface area contributed by atoms with Crippen molar-refractivity contribution in [1.82, 2.24) is 9.97 Å². The van der Waals surface area contributed by atoms with E-state index in [1.165, 1.54) is 0 Å². The summed E-state index contributed by atoms with van der Waals surface area (Å²) < 4.78 is 23.6. The summed E-state index contributed by atoms with van der Waals surface area (Å²) >= 11 is 5.51. The third-order valence-electron chi connectivity index (χ3n) is 2.11. The van der Waals surface area contributed by atoms with Crippen LogP contribution in [-0.2, 0) is 4.74 Å². The minimum atomic E-state index is -0.614. The number of halogens is 2. The Labute approximate surface area is 91.4 Å². The maximum Gasteiger partial charge on any atom is 0.254 e. The van der Waals surface area contributed by atoms with Crippen molar-refractivity contribution in [2.75, 3.05) is 13.2 Å². The molecule has 1 atom stereocenters. The fourth-order valence-electron chi connectivity index (χ4n) is 1.38. The molecular formula is C9H10ClFN2O2. The standard InChI is InChI=1S/C9H10ClFN2O2/c10-9-12-4-7(11)8(13-9)15-5-6-2-1-3-14-6/h4,6H,1-3,5H2. The minimum Gasteiger partial charge on any atom is -0.473 e. The Kier molecular flexibility index (Phi) is 3.33. The van der Waals surface area contributed by atoms with Gasteiger partial charge in [0, 0.05) is 6.61 Å². The molecule has 1 aromatic rings. The van der Waals surface area contributed by atoms with Crippen molar-refractivity contribution in [1.29, 1.82) is 0 Å². The molecule has 4 nitrogen and oxygen atoms in total. The number of hydrogen-bond acceptors (Lipinski definition) is 4. The van der Waals surface area contributed by atoms with Crippen LogP contribution in [0.25, 0.3) is 0 Å². The monoisotopic (exact) mass is 232 g/mol. The van der Waals surface area contributed by atoms with Crippen molar-refractivity contribution in [3.63, 3.8) is 0 Å². The van der Waals surface area contributed by atoms with Crippen LogP contribution in [0.5, 0.6) is 5.88 Å². The summed E-state index contributed by atoms with van der Waals surface area (Å²) in [7, 11) is 0. The van der Waals surface area contributed by atoms with Gasteiger partial charge in [-0.3, -0.25) is 0 Å². The molecule has 1 aromatic heterocycles. The molecule has 0 radical (unpaired) electrons. The first-order valence-corrected chi connectivity index (χ1v) is 5.06. The fourth-order valence-corrected chi connectivity index (χ4v) is 1.51. The van der Waals surface area contributed by atoms with Crippen LogP contribution in [0.2, 0.25) is 5.28 Å². The lowest BCUT2D eigenvalue weighted by molar-refractivity contribution is 0.0647. The number of nitrogens with zero attached hydrogens (tertiary/aromatic N) is 2. The lowest BCUT2D eigenvalue weighted by Gasteiger charge is -2.10. The zero-order valence-electron chi connectivity index (χ0n) is 7.95. The van der Waals surface area contributed by atoms with Crippen molar-refractivity contribution >= 4 is 11.6 Å². The van der Waals surface area contributed by atoms with E-state index in [1.54, 1.807) is 0 Å². The smallest absolute Gasteiger partial charge is 0.254 e. The second-order valence-electron chi connectivity index (χ2n) is 3.24. The molecule has 6 heteroatoms. The summed E-state index contributed by atoms with van der Waals surface area (Å²) in [6, 6.07) is 0. The zero-order chi connectivity index (χ0) is 10.7. The zero-order valence-corrected chi connectivity index (χ0v) is 8.71. The Balaban J connectivity index is 1.94. The summed E-state index contributed by atoms with van der Waals surface area (Å²) in [6.07, 6.45) is 2.96. The molecule has 1 saturated heterocycles. The highest BCUT2D eigenvalue weighted by Gasteiger charge is 2.17. The Morgan fingerprint density at radius 1 is 1.67 bits per heavy atom. The van der Waals surface area contributed by atoms with E-state index in [0.29, 0.717) is 6.61 Å². The lowest BCUT2D eigenvalue weighted by Crippen LogP contribution is -2.17. The molecule has 15 heavy (non-hydrogen) atoms. The van der Waals surface area contributed by atoms with Gasteiger partial charge in [0.1, 0.15) is 6.61 Å². The van der Waals surface area contributed by atoms with Crippen LogP contribution in [0, 0.1) is 5.82 Å². The second kappa shape index (κ2) is 4.72. The minimum absolute atomic E-state index is 0.0261. The van der Waals surface area contributed by atoms with Crippen molar-refractivity contribution < 1.29 is 13.9 Å². The highest BCUT2D eigenvalue weighted by Crippen LogP contribution is 2.17. The molecule has 2 rings (SSSR count). The van der Waals surface area contributed by atoms with E-state index in [0.717, 1.165) is 25.6 Å². The van der Waals surface area contributed by atoms with Gasteiger partial charge in [-0.2, -0.15) is 9.37 Å². The quantitative estimate of drug-likeness (QED) is 0.746. The van der Waals surface area contributed by atoms with Crippen molar-refractivity contribution in [3.8, 4) is 5.88 Å². The Morgan fingerprint density at radius 2 is 2.53 bits per heavy atom. The molecular weight excluding hydrogens is 223 g/mol. The van der Waals surface area contributed by atoms with E-state index >= 15 is 0 Å². The number of hydrogen-bond donors (Lipinski definition) is 0. The van der Waals surface area contributed by atoms with Crippen LogP contribution in [0.15, 0.2) is 6.20 Å². The second-order valence-corrected chi connectivity index (χ2v) is 3.58. The molecule has 0 aromatic carbocycles. The van der Waals surface area contributed by atoms with Crippen LogP contribution in [0.4, 0.5) is 4.39 Å². The third-order valence-corrected chi connectivity index (χ3v) is 2.29. The normalized spacial score (nSPS) is 20.5. The third kappa shape index (κ3) is 2.76. The van der Waals surface area contributed by atoms with Crippen LogP contribution in [0.1, 0.15) is 12.8 Å². The summed E-state index contributed by atoms with van der Waals surface area (Å²) in [6.45, 7) is 1.03. The summed E-state index contributed by atoms with van der Waals surface area (Å²) in [5.41, 5.74) is 0. The summed E-state index contributed by atoms with van der Waals surface area (Å²) in [5, 5.41) is -0.0289. The summed E-state index contributed by atoms with van der Waals surface area (Å²) in [4.78, 5) is 7.12. The van der Waals surface area contributed by atoms with Gasteiger partial charge in [-0.05, 0) is 24.4 Å². The van der Waals surface area contributed by atoms with Gasteiger partial charge in [0.05, 0.1) is 12.3 Å². The highest BCUT2D eigenvalue weighted by atomic mass is 35.5. The molecule has 0 spiro atoms. The predicted octanol–water partition coefficient (Wildman–Crippen LogP) is 1.83. The number of aromatic nitrogens is 2. The Morgan fingerprint density at radius 3 is 3.27 bits per heavy atom. The van der Waals surface area contributed by atoms with E-state index < -0.39 is 5.82 Å². The van der Waals surface area contributed by atoms with Gasteiger partial charge >= 0.3 is 0 Å². The van der Waals surface area contributed by atoms with Crippen LogP contribution < -0.4 is 4.74 Å². The van der Waals surface area contributed by atoms with Crippen molar-refractivity contribution in [2.24, 2.45) is 0 Å². The molecule has 0 amide bonds. The average molecular weight is 233 g/mol. The fraction of sp³-hybridized carbons (Fsp3) is 0.556. The van der Waals surface area contributed by atoms with Gasteiger partial charge < -0.3 is 9.47 Å². The summed E-state index contributed by atoms with van der Waals surface area (Å²) in [5.74, 6) is -0.733. The van der Waals surface area contributed by atoms with E-state index in [9.17, 15) is 4.39 Å². The Bertz CT molecular complexity index is 345. The first kappa shape index (κ1) is 10.6. The van der Waals surface area contributed by atoms with Crippen molar-refractivity contribution in [3.05, 3.63) is 17.3 Å². The van der Waals surface area contributed by atoms with Gasteiger partial charge in [0.15, 0.2) is 0 Å². The number of rotatable bonds is 3. The van der Waals surface area contributed by atoms with Gasteiger partial charge in [0.25, 0.3) is 5.88 Å². The van der Waals surface area contributed by atoms with E-state index in [1.807, 2.05) is 0 Å². The molecule has 0 saturated carbocycles. The predicted molar refractivity (Wildman–Crippen MR) is 51.5 cm³/mol. The maximum absolute atomic E-state index is 13.1. The molecule has 2 heterocycles. The van der Waals surface area contributed by atoms with Crippen molar-refractivity contribution in [2.45, 2.75) is 18.9 Å². The molecule has 1 aliphatic rings. The van der Waals surface area contributed by atoms with E-state index in [-0.39, 0.29) is 17.3 Å². The lowest BCUT2D eigenvalue weighted by atomic mass is 10.2. The molecule has 0 N–H and O–H groups in total. The van der Waals surface area contributed by atoms with Gasteiger partial charge in [-0.1, -0.05) is 0 Å². The van der Waals surface area contributed by atoms with E-state index in [2.05, 4.69) is 9.97 Å². The maximum atomic E-state index is 13.1. The molecule has 0 bridgehead atoms. The van der Waals surface area contributed by atoms with Gasteiger partial charge in [0.2, 0.25) is 11.1 Å². The van der Waals surface area contributed by atoms with Gasteiger partial charge in [-0.15, -0.1) is 0 Å².